The first-order valence-corrected chi connectivity index (χ1v) is 7.67. The highest BCUT2D eigenvalue weighted by molar-refractivity contribution is 5.29. The van der Waals surface area contributed by atoms with Crippen molar-refractivity contribution in [2.75, 3.05) is 19.6 Å². The summed E-state index contributed by atoms with van der Waals surface area (Å²) < 4.78 is 0. The summed E-state index contributed by atoms with van der Waals surface area (Å²) in [6.07, 6.45) is 2.50. The Labute approximate surface area is 119 Å². The Kier molecular flexibility index (Phi) is 7.11. The van der Waals surface area contributed by atoms with Crippen molar-refractivity contribution >= 4 is 0 Å². The van der Waals surface area contributed by atoms with Crippen LogP contribution in [0.15, 0.2) is 24.3 Å². The lowest BCUT2D eigenvalue weighted by Crippen LogP contribution is -2.37. The quantitative estimate of drug-likeness (QED) is 0.773. The second-order valence-corrected chi connectivity index (χ2v) is 5.38. The van der Waals surface area contributed by atoms with Crippen LogP contribution in [0.1, 0.15) is 50.8 Å². The van der Waals surface area contributed by atoms with Gasteiger partial charge in [-0.1, -0.05) is 57.9 Å². The van der Waals surface area contributed by atoms with Crippen molar-refractivity contribution in [2.24, 2.45) is 11.7 Å². The van der Waals surface area contributed by atoms with Crippen molar-refractivity contribution in [3.8, 4) is 0 Å². The molecule has 0 saturated heterocycles. The maximum atomic E-state index is 6.07. The average molecular weight is 262 g/mol. The number of nitrogens with two attached hydrogens (primary N) is 1. The Balaban J connectivity index is 2.90. The minimum atomic E-state index is 0.354. The highest BCUT2D eigenvalue weighted by Gasteiger charge is 2.21. The molecule has 1 atom stereocenters. The molecule has 1 unspecified atom stereocenters. The maximum absolute atomic E-state index is 6.07. The molecule has 108 valence electrons. The van der Waals surface area contributed by atoms with E-state index in [-0.39, 0.29) is 0 Å². The summed E-state index contributed by atoms with van der Waals surface area (Å²) in [7, 11) is 0. The van der Waals surface area contributed by atoms with Crippen LogP contribution < -0.4 is 5.73 Å². The van der Waals surface area contributed by atoms with Gasteiger partial charge in [0.05, 0.1) is 0 Å². The SMILES string of the molecule is CCC(CC)CN(CC)C(CN)c1ccccc1C. The first kappa shape index (κ1) is 16.2. The summed E-state index contributed by atoms with van der Waals surface area (Å²) in [6.45, 7) is 11.9. The van der Waals surface area contributed by atoms with Crippen LogP contribution in [-0.2, 0) is 0 Å². The van der Waals surface area contributed by atoms with Gasteiger partial charge in [-0.15, -0.1) is 0 Å². The van der Waals surface area contributed by atoms with Gasteiger partial charge in [-0.25, -0.2) is 0 Å². The number of hydrogen-bond acceptors (Lipinski definition) is 2. The second-order valence-electron chi connectivity index (χ2n) is 5.38. The summed E-state index contributed by atoms with van der Waals surface area (Å²) in [5, 5.41) is 0. The monoisotopic (exact) mass is 262 g/mol. The average Bonchev–Trinajstić information content (AvgIpc) is 2.45. The van der Waals surface area contributed by atoms with Crippen molar-refractivity contribution in [3.63, 3.8) is 0 Å². The Morgan fingerprint density at radius 2 is 1.74 bits per heavy atom. The van der Waals surface area contributed by atoms with E-state index in [2.05, 4.69) is 56.9 Å². The fourth-order valence-corrected chi connectivity index (χ4v) is 2.79. The summed E-state index contributed by atoms with van der Waals surface area (Å²) >= 11 is 0. The highest BCUT2D eigenvalue weighted by Crippen LogP contribution is 2.24. The van der Waals surface area contributed by atoms with E-state index in [0.717, 1.165) is 19.0 Å². The third-order valence-corrected chi connectivity index (χ3v) is 4.27. The number of aryl methyl sites for hydroxylation is 1. The van der Waals surface area contributed by atoms with Crippen molar-refractivity contribution in [2.45, 2.75) is 46.6 Å². The fraction of sp³-hybridized carbons (Fsp3) is 0.647. The molecule has 0 aliphatic heterocycles. The first-order valence-electron chi connectivity index (χ1n) is 7.67. The van der Waals surface area contributed by atoms with Crippen molar-refractivity contribution in [1.29, 1.82) is 0 Å². The molecule has 2 heteroatoms. The molecule has 0 saturated carbocycles. The van der Waals surface area contributed by atoms with Gasteiger partial charge in [-0.3, -0.25) is 4.90 Å². The van der Waals surface area contributed by atoms with E-state index >= 15 is 0 Å². The van der Waals surface area contributed by atoms with E-state index in [4.69, 9.17) is 5.73 Å². The number of benzene rings is 1. The smallest absolute Gasteiger partial charge is 0.0473 e. The predicted molar refractivity (Wildman–Crippen MR) is 84.3 cm³/mol. The van der Waals surface area contributed by atoms with E-state index in [9.17, 15) is 0 Å². The largest absolute Gasteiger partial charge is 0.329 e. The van der Waals surface area contributed by atoms with Crippen LogP contribution in [0.4, 0.5) is 0 Å². The Hall–Kier alpha value is -0.860. The van der Waals surface area contributed by atoms with Crippen molar-refractivity contribution < 1.29 is 0 Å². The zero-order valence-electron chi connectivity index (χ0n) is 13.0. The van der Waals surface area contributed by atoms with Crippen LogP contribution >= 0.6 is 0 Å². The zero-order chi connectivity index (χ0) is 14.3. The molecule has 0 fully saturated rings. The minimum absolute atomic E-state index is 0.354. The molecule has 2 nitrogen and oxygen atoms in total. The molecule has 19 heavy (non-hydrogen) atoms. The number of nitrogens with zero attached hydrogens (tertiary/aromatic N) is 1. The van der Waals surface area contributed by atoms with E-state index in [1.165, 1.54) is 24.0 Å². The molecule has 0 aliphatic carbocycles. The molecule has 1 rings (SSSR count). The van der Waals surface area contributed by atoms with Gasteiger partial charge in [0.25, 0.3) is 0 Å². The second kappa shape index (κ2) is 8.34. The topological polar surface area (TPSA) is 29.3 Å². The van der Waals surface area contributed by atoms with Gasteiger partial charge in [0.1, 0.15) is 0 Å². The van der Waals surface area contributed by atoms with Gasteiger partial charge >= 0.3 is 0 Å². The highest BCUT2D eigenvalue weighted by atomic mass is 15.2. The van der Waals surface area contributed by atoms with E-state index in [1.54, 1.807) is 0 Å². The fourth-order valence-electron chi connectivity index (χ4n) is 2.79. The lowest BCUT2D eigenvalue weighted by molar-refractivity contribution is 0.174. The van der Waals surface area contributed by atoms with Crippen LogP contribution in [0.5, 0.6) is 0 Å². The molecule has 0 amide bonds. The standard InChI is InChI=1S/C17H30N2/c1-5-15(6-2)13-19(7-3)17(12-18)16-11-9-8-10-14(16)4/h8-11,15,17H,5-7,12-13,18H2,1-4H3. The molecule has 1 aromatic carbocycles. The Morgan fingerprint density at radius 1 is 1.11 bits per heavy atom. The maximum Gasteiger partial charge on any atom is 0.0473 e. The van der Waals surface area contributed by atoms with Crippen LogP contribution in [0, 0.1) is 12.8 Å². The third kappa shape index (κ3) is 4.32. The van der Waals surface area contributed by atoms with Gasteiger partial charge in [0.15, 0.2) is 0 Å². The molecule has 0 bridgehead atoms. The summed E-state index contributed by atoms with van der Waals surface area (Å²) in [5.41, 5.74) is 8.80. The lowest BCUT2D eigenvalue weighted by atomic mass is 9.97. The molecular weight excluding hydrogens is 232 g/mol. The lowest BCUT2D eigenvalue weighted by Gasteiger charge is -2.33. The van der Waals surface area contributed by atoms with Crippen LogP contribution in [0.25, 0.3) is 0 Å². The predicted octanol–water partition coefficient (Wildman–Crippen LogP) is 3.75. The molecule has 0 radical (unpaired) electrons. The number of hydrogen-bond donors (Lipinski definition) is 1. The van der Waals surface area contributed by atoms with Crippen molar-refractivity contribution in [1.82, 2.24) is 4.90 Å². The normalized spacial score (nSPS) is 13.2. The van der Waals surface area contributed by atoms with E-state index in [0.29, 0.717) is 12.6 Å². The molecule has 1 aromatic rings. The van der Waals surface area contributed by atoms with Gasteiger partial charge in [0.2, 0.25) is 0 Å². The van der Waals surface area contributed by atoms with Gasteiger partial charge in [0, 0.05) is 19.1 Å². The van der Waals surface area contributed by atoms with Gasteiger partial charge < -0.3 is 5.73 Å². The first-order chi connectivity index (χ1) is 9.17. The third-order valence-electron chi connectivity index (χ3n) is 4.27. The van der Waals surface area contributed by atoms with Crippen LogP contribution in [-0.4, -0.2) is 24.5 Å². The Bertz CT molecular complexity index is 358. The minimum Gasteiger partial charge on any atom is -0.329 e. The van der Waals surface area contributed by atoms with E-state index < -0.39 is 0 Å². The molecular formula is C17H30N2. The Morgan fingerprint density at radius 3 is 2.21 bits per heavy atom. The van der Waals surface area contributed by atoms with Gasteiger partial charge in [-0.2, -0.15) is 0 Å². The summed E-state index contributed by atoms with van der Waals surface area (Å²) in [4.78, 5) is 2.54. The molecule has 0 spiro atoms. The van der Waals surface area contributed by atoms with Crippen molar-refractivity contribution in [3.05, 3.63) is 35.4 Å². The summed E-state index contributed by atoms with van der Waals surface area (Å²) in [6, 6.07) is 8.98. The van der Waals surface area contributed by atoms with Crippen LogP contribution in [0.3, 0.4) is 0 Å². The number of rotatable bonds is 8. The van der Waals surface area contributed by atoms with Gasteiger partial charge in [-0.05, 0) is 30.5 Å². The van der Waals surface area contributed by atoms with Crippen LogP contribution in [0.2, 0.25) is 0 Å². The molecule has 0 heterocycles. The zero-order valence-corrected chi connectivity index (χ0v) is 13.0. The number of likely N-dealkylation sites (N-methyl/N-ethyl adjacent to an activating group) is 1. The molecule has 0 aromatic heterocycles. The molecule has 2 N–H and O–H groups in total. The summed E-state index contributed by atoms with van der Waals surface area (Å²) in [5.74, 6) is 0.776. The van der Waals surface area contributed by atoms with E-state index in [1.807, 2.05) is 0 Å². The molecule has 0 aliphatic rings.